The molecule has 0 heterocycles. The second-order valence-electron chi connectivity index (χ2n) is 6.18. The number of unbranched alkanes of at least 4 members (excludes halogenated alkanes) is 13. The molecule has 0 aliphatic heterocycles. The molecule has 0 aromatic carbocycles. The third-order valence-electron chi connectivity index (χ3n) is 4.12. The minimum Gasteiger partial charge on any atom is -0.463 e. The Hall–Kier alpha value is -1.03. The lowest BCUT2D eigenvalue weighted by molar-refractivity contribution is -0.211. The summed E-state index contributed by atoms with van der Waals surface area (Å²) in [7, 11) is 1.26. The number of allylic oxidation sites excluding steroid dienone is 1. The molecule has 0 bridgehead atoms. The van der Waals surface area contributed by atoms with E-state index in [9.17, 15) is 4.79 Å². The van der Waals surface area contributed by atoms with Crippen LogP contribution in [0.15, 0.2) is 11.8 Å². The lowest BCUT2D eigenvalue weighted by atomic mass is 10.0. The standard InChI is InChI=1S/C19H36O4/c1-3-4-5-6-7-8-9-10-11-12-13-14-15-16-17-18(23-21)19(20)22-2/h17,21H,3-16H2,1-2H3. The van der Waals surface area contributed by atoms with Crippen LogP contribution in [-0.4, -0.2) is 18.3 Å². The van der Waals surface area contributed by atoms with Gasteiger partial charge in [-0.05, 0) is 18.9 Å². The number of esters is 1. The highest BCUT2D eigenvalue weighted by Crippen LogP contribution is 2.13. The normalized spacial score (nSPS) is 11.5. The van der Waals surface area contributed by atoms with Crippen molar-refractivity contribution in [3.63, 3.8) is 0 Å². The van der Waals surface area contributed by atoms with Crippen molar-refractivity contribution < 1.29 is 19.7 Å². The maximum absolute atomic E-state index is 11.1. The molecule has 0 radical (unpaired) electrons. The summed E-state index contributed by atoms with van der Waals surface area (Å²) >= 11 is 0. The lowest BCUT2D eigenvalue weighted by Crippen LogP contribution is -2.06. The Balaban J connectivity index is 3.30. The van der Waals surface area contributed by atoms with Gasteiger partial charge in [0.15, 0.2) is 0 Å². The SMILES string of the molecule is CCCCCCCCCCCCCCCC=C(OO)C(=O)OC. The third-order valence-corrected chi connectivity index (χ3v) is 4.12. The molecule has 0 saturated carbocycles. The molecule has 0 saturated heterocycles. The molecule has 1 N–H and O–H groups in total. The third kappa shape index (κ3) is 14.3. The average molecular weight is 328 g/mol. The van der Waals surface area contributed by atoms with Crippen LogP contribution in [-0.2, 0) is 14.4 Å². The van der Waals surface area contributed by atoms with E-state index in [1.54, 1.807) is 6.08 Å². The van der Waals surface area contributed by atoms with Crippen molar-refractivity contribution in [1.82, 2.24) is 0 Å². The molecule has 0 aromatic heterocycles. The van der Waals surface area contributed by atoms with Gasteiger partial charge in [0, 0.05) is 0 Å². The number of methoxy groups -OCH3 is 1. The smallest absolute Gasteiger partial charge is 0.377 e. The van der Waals surface area contributed by atoms with Gasteiger partial charge in [-0.25, -0.2) is 10.1 Å². The Bertz CT molecular complexity index is 300. The molecule has 4 nitrogen and oxygen atoms in total. The Morgan fingerprint density at radius 3 is 1.65 bits per heavy atom. The zero-order valence-corrected chi connectivity index (χ0v) is 15.1. The van der Waals surface area contributed by atoms with Gasteiger partial charge < -0.3 is 9.62 Å². The monoisotopic (exact) mass is 328 g/mol. The predicted octanol–water partition coefficient (Wildman–Crippen LogP) is 6.01. The first kappa shape index (κ1) is 22.0. The van der Waals surface area contributed by atoms with E-state index in [4.69, 9.17) is 5.26 Å². The topological polar surface area (TPSA) is 55.8 Å². The molecule has 0 aliphatic carbocycles. The molecular weight excluding hydrogens is 292 g/mol. The summed E-state index contributed by atoms with van der Waals surface area (Å²) in [6.07, 6.45) is 19.4. The van der Waals surface area contributed by atoms with E-state index < -0.39 is 5.97 Å². The molecular formula is C19H36O4. The molecule has 0 unspecified atom stereocenters. The van der Waals surface area contributed by atoms with Gasteiger partial charge in [0.2, 0.25) is 5.76 Å². The van der Waals surface area contributed by atoms with Crippen molar-refractivity contribution in [2.24, 2.45) is 0 Å². The van der Waals surface area contributed by atoms with E-state index in [2.05, 4.69) is 16.5 Å². The van der Waals surface area contributed by atoms with Crippen LogP contribution >= 0.6 is 0 Å². The quantitative estimate of drug-likeness (QED) is 0.0940. The van der Waals surface area contributed by atoms with Crippen molar-refractivity contribution in [3.8, 4) is 0 Å². The predicted molar refractivity (Wildman–Crippen MR) is 94.1 cm³/mol. The van der Waals surface area contributed by atoms with Gasteiger partial charge in [0.25, 0.3) is 0 Å². The summed E-state index contributed by atoms with van der Waals surface area (Å²) < 4.78 is 4.48. The van der Waals surface area contributed by atoms with Crippen LogP contribution in [0.1, 0.15) is 96.8 Å². The maximum Gasteiger partial charge on any atom is 0.377 e. The molecule has 0 atom stereocenters. The Kier molecular flexibility index (Phi) is 16.5. The van der Waals surface area contributed by atoms with Gasteiger partial charge in [0.05, 0.1) is 7.11 Å². The van der Waals surface area contributed by atoms with E-state index in [0.717, 1.165) is 19.3 Å². The van der Waals surface area contributed by atoms with Gasteiger partial charge in [-0.15, -0.1) is 0 Å². The molecule has 136 valence electrons. The zero-order valence-electron chi connectivity index (χ0n) is 15.1. The summed E-state index contributed by atoms with van der Waals surface area (Å²) in [5, 5.41) is 8.56. The van der Waals surface area contributed by atoms with Crippen LogP contribution in [0.3, 0.4) is 0 Å². The molecule has 0 aromatic rings. The first-order valence-electron chi connectivity index (χ1n) is 9.36. The summed E-state index contributed by atoms with van der Waals surface area (Å²) in [5.41, 5.74) is 0. The van der Waals surface area contributed by atoms with E-state index in [1.807, 2.05) is 0 Å². The van der Waals surface area contributed by atoms with Crippen molar-refractivity contribution in [1.29, 1.82) is 0 Å². The molecule has 0 fully saturated rings. The summed E-state index contributed by atoms with van der Waals surface area (Å²) in [6.45, 7) is 2.26. The molecule has 4 heteroatoms. The van der Waals surface area contributed by atoms with Crippen LogP contribution in [0, 0.1) is 0 Å². The Morgan fingerprint density at radius 1 is 0.826 bits per heavy atom. The maximum atomic E-state index is 11.1. The van der Waals surface area contributed by atoms with Crippen LogP contribution in [0.25, 0.3) is 0 Å². The van der Waals surface area contributed by atoms with Gasteiger partial charge in [-0.3, -0.25) is 0 Å². The zero-order chi connectivity index (χ0) is 17.2. The largest absolute Gasteiger partial charge is 0.463 e. The number of rotatable bonds is 16. The molecule has 23 heavy (non-hydrogen) atoms. The average Bonchev–Trinajstić information content (AvgIpc) is 2.58. The fourth-order valence-corrected chi connectivity index (χ4v) is 2.65. The van der Waals surface area contributed by atoms with Crippen LogP contribution in [0.2, 0.25) is 0 Å². The minimum absolute atomic E-state index is 0.119. The highest BCUT2D eigenvalue weighted by Gasteiger charge is 2.10. The fourth-order valence-electron chi connectivity index (χ4n) is 2.65. The minimum atomic E-state index is -0.637. The van der Waals surface area contributed by atoms with Crippen LogP contribution < -0.4 is 0 Å². The first-order chi connectivity index (χ1) is 11.3. The van der Waals surface area contributed by atoms with E-state index >= 15 is 0 Å². The Labute approximate surface area is 142 Å². The number of carbonyl (C=O) groups is 1. The van der Waals surface area contributed by atoms with Gasteiger partial charge in [0.1, 0.15) is 0 Å². The van der Waals surface area contributed by atoms with Crippen molar-refractivity contribution >= 4 is 5.97 Å². The summed E-state index contributed by atoms with van der Waals surface area (Å²) in [4.78, 5) is 15.1. The van der Waals surface area contributed by atoms with Crippen LogP contribution in [0.4, 0.5) is 0 Å². The first-order valence-corrected chi connectivity index (χ1v) is 9.36. The highest BCUT2D eigenvalue weighted by molar-refractivity contribution is 5.85. The summed E-state index contributed by atoms with van der Waals surface area (Å²) in [5.74, 6) is -0.756. The molecule has 0 aliphatic rings. The van der Waals surface area contributed by atoms with Gasteiger partial charge >= 0.3 is 5.97 Å². The van der Waals surface area contributed by atoms with Gasteiger partial charge in [-0.2, -0.15) is 0 Å². The lowest BCUT2D eigenvalue weighted by Gasteiger charge is -2.03. The number of hydrogen-bond acceptors (Lipinski definition) is 4. The van der Waals surface area contributed by atoms with Gasteiger partial charge in [-0.1, -0.05) is 84.0 Å². The van der Waals surface area contributed by atoms with Crippen molar-refractivity contribution in [3.05, 3.63) is 11.8 Å². The van der Waals surface area contributed by atoms with Crippen LogP contribution in [0.5, 0.6) is 0 Å². The second kappa shape index (κ2) is 17.3. The molecule has 0 rings (SSSR count). The number of carbonyl (C=O) groups excluding carboxylic acids is 1. The number of hydrogen-bond donors (Lipinski definition) is 1. The van der Waals surface area contributed by atoms with Crippen molar-refractivity contribution in [2.45, 2.75) is 96.8 Å². The second-order valence-corrected chi connectivity index (χ2v) is 6.18. The van der Waals surface area contributed by atoms with Crippen molar-refractivity contribution in [2.75, 3.05) is 7.11 Å². The molecule has 0 spiro atoms. The van der Waals surface area contributed by atoms with E-state index in [1.165, 1.54) is 77.7 Å². The van der Waals surface area contributed by atoms with E-state index in [-0.39, 0.29) is 5.76 Å². The number of ether oxygens (including phenoxy) is 1. The Morgan fingerprint density at radius 2 is 1.26 bits per heavy atom. The highest BCUT2D eigenvalue weighted by atomic mass is 17.1. The molecule has 0 amide bonds. The summed E-state index contributed by atoms with van der Waals surface area (Å²) in [6, 6.07) is 0. The fraction of sp³-hybridized carbons (Fsp3) is 0.842. The van der Waals surface area contributed by atoms with E-state index in [0.29, 0.717) is 0 Å².